The molecule has 0 bridgehead atoms. The number of anilines is 1. The molecule has 6 nitrogen and oxygen atoms in total. The van der Waals surface area contributed by atoms with E-state index in [4.69, 9.17) is 9.47 Å². The number of fused-ring (bicyclic) bond motifs is 1. The van der Waals surface area contributed by atoms with Gasteiger partial charge in [0.05, 0.1) is 25.0 Å². The van der Waals surface area contributed by atoms with Crippen LogP contribution >= 0.6 is 0 Å². The zero-order chi connectivity index (χ0) is 18.8. The summed E-state index contributed by atoms with van der Waals surface area (Å²) in [5.74, 6) is -0.570. The van der Waals surface area contributed by atoms with Crippen molar-refractivity contribution in [2.75, 3.05) is 19.0 Å². The first-order chi connectivity index (χ1) is 12.5. The number of pyridine rings is 1. The molecule has 27 heavy (non-hydrogen) atoms. The molecule has 0 aliphatic carbocycles. The minimum atomic E-state index is -0.996. The molecule has 7 heteroatoms. The summed E-state index contributed by atoms with van der Waals surface area (Å²) in [7, 11) is 1.56. The minimum Gasteiger partial charge on any atom is -0.554 e. The van der Waals surface area contributed by atoms with Crippen molar-refractivity contribution in [2.24, 2.45) is 0 Å². The number of aliphatic carboxylic acids is 1. The molecule has 0 amide bonds. The molecule has 0 saturated heterocycles. The number of nitrogens with zero attached hydrogens (tertiary/aromatic N) is 1. The van der Waals surface area contributed by atoms with E-state index in [1.54, 1.807) is 32.4 Å². The fraction of sp³-hybridized carbons (Fsp3) is 0.300. The van der Waals surface area contributed by atoms with Gasteiger partial charge in [-0.2, -0.15) is 18.2 Å². The number of nitrogens with one attached hydrogen (secondary N) is 1. The van der Waals surface area contributed by atoms with Crippen LogP contribution in [0.3, 0.4) is 0 Å². The molecule has 1 aliphatic heterocycles. The third-order valence-electron chi connectivity index (χ3n) is 4.46. The Labute approximate surface area is 152 Å². The molecule has 2 aromatic rings. The number of hydrogen-bond donors (Lipinski definition) is 2. The number of aryl methyl sites for hydroxylation is 1. The van der Waals surface area contributed by atoms with E-state index in [-0.39, 0.29) is 5.57 Å². The largest absolute Gasteiger partial charge is 0.554 e. The van der Waals surface area contributed by atoms with Crippen molar-refractivity contribution in [3.05, 3.63) is 58.4 Å². The topological polar surface area (TPSA) is 80.7 Å². The summed E-state index contributed by atoms with van der Waals surface area (Å²) in [5.41, 5.74) is 4.01. The van der Waals surface area contributed by atoms with E-state index in [1.165, 1.54) is 0 Å². The Morgan fingerprint density at radius 1 is 1.41 bits per heavy atom. The van der Waals surface area contributed by atoms with Gasteiger partial charge in [0.25, 0.3) is 0 Å². The molecule has 2 heterocycles. The van der Waals surface area contributed by atoms with Crippen molar-refractivity contribution in [1.82, 2.24) is 4.98 Å². The average molecular weight is 600 g/mol. The molecule has 0 unspecified atom stereocenters. The second kappa shape index (κ2) is 7.47. The van der Waals surface area contributed by atoms with Gasteiger partial charge in [-0.1, -0.05) is 0 Å². The van der Waals surface area contributed by atoms with Crippen LogP contribution in [0.15, 0.2) is 35.7 Å². The fourth-order valence-electron chi connectivity index (χ4n) is 3.35. The first-order valence-electron chi connectivity index (χ1n) is 8.36. The Balaban J connectivity index is 0.00000261. The van der Waals surface area contributed by atoms with Gasteiger partial charge in [0, 0.05) is 29.1 Å². The first kappa shape index (κ1) is 19.3. The van der Waals surface area contributed by atoms with Crippen molar-refractivity contribution >= 4 is 11.7 Å². The summed E-state index contributed by atoms with van der Waals surface area (Å²) in [6, 6.07) is 8.25. The predicted molar refractivity (Wildman–Crippen MR) is 97.8 cm³/mol. The zero-order valence-corrected chi connectivity index (χ0v) is 18.5. The fourth-order valence-corrected chi connectivity index (χ4v) is 3.35. The summed E-state index contributed by atoms with van der Waals surface area (Å²) in [6.45, 7) is 6.00. The molecule has 144 valence electrons. The summed E-state index contributed by atoms with van der Waals surface area (Å²) < 4.78 is 11.2. The van der Waals surface area contributed by atoms with Gasteiger partial charge in [-0.3, -0.25) is 0 Å². The number of allylic oxidation sites excluding steroid dienone is 1. The molecule has 1 atom stereocenters. The molecule has 2 N–H and O–H groups in total. The van der Waals surface area contributed by atoms with Crippen molar-refractivity contribution in [1.29, 1.82) is 0 Å². The Hall–Kier alpha value is -4.02. The predicted octanol–water partition coefficient (Wildman–Crippen LogP) is 3.51. The van der Waals surface area contributed by atoms with Gasteiger partial charge in [0.1, 0.15) is 0 Å². The van der Waals surface area contributed by atoms with E-state index in [9.17, 15) is 9.90 Å². The Morgan fingerprint density at radius 2 is 2.15 bits per heavy atom. The van der Waals surface area contributed by atoms with Gasteiger partial charge < -0.3 is 19.9 Å². The van der Waals surface area contributed by atoms with Crippen LogP contribution < -0.4 is 14.8 Å². The van der Waals surface area contributed by atoms with Crippen LogP contribution in [0.25, 0.3) is 0 Å². The molecule has 1 aromatic carbocycles. The maximum atomic E-state index is 12.1. The van der Waals surface area contributed by atoms with Gasteiger partial charge in [-0.05, 0) is 26.3 Å². The third-order valence-corrected chi connectivity index (χ3v) is 4.46. The number of benzene rings is 1. The van der Waals surface area contributed by atoms with Gasteiger partial charge in [-0.15, -0.1) is 11.6 Å². The van der Waals surface area contributed by atoms with Crippen molar-refractivity contribution in [3.8, 4) is 11.6 Å². The van der Waals surface area contributed by atoms with Crippen LogP contribution in [-0.4, -0.2) is 29.8 Å². The molecule has 0 spiro atoms. The standard InChI is InChI=1S/C20H21N2O4.Cm/c1-5-26-19-17-16(13-8-6-7-9-14(13)25-4)15(20(23)24)12(3)22-18(17)11(2)10-21-19;/h6,8-10,16,22H,5H2,1-4H3,(H,23,24);/q-1;/t16-;/m1./s1. The first-order valence-corrected chi connectivity index (χ1v) is 8.36. The van der Waals surface area contributed by atoms with Gasteiger partial charge >= 0.3 is 5.97 Å². The number of carboxylic acid groups (broad SMARTS) is 1. The summed E-state index contributed by atoms with van der Waals surface area (Å²) in [4.78, 5) is 16.5. The summed E-state index contributed by atoms with van der Waals surface area (Å²) in [6.07, 6.45) is 1.73. The van der Waals surface area contributed by atoms with E-state index in [0.29, 0.717) is 29.5 Å². The van der Waals surface area contributed by atoms with E-state index in [1.807, 2.05) is 19.9 Å². The average Bonchev–Trinajstić information content (AvgIpc) is 2.63. The minimum absolute atomic E-state index is 0. The van der Waals surface area contributed by atoms with Crippen molar-refractivity contribution in [2.45, 2.75) is 26.7 Å². The number of methoxy groups -OCH3 is 1. The number of aromatic nitrogens is 1. The number of hydrogen-bond acceptors (Lipinski definition) is 5. The summed E-state index contributed by atoms with van der Waals surface area (Å²) >= 11 is 0. The summed E-state index contributed by atoms with van der Waals surface area (Å²) in [5, 5.41) is 13.1. The number of carbonyl (C=O) groups is 1. The molecule has 0 radical (unpaired) electrons. The van der Waals surface area contributed by atoms with Gasteiger partial charge in [0.15, 0.2) is 0 Å². The van der Waals surface area contributed by atoms with Crippen molar-refractivity contribution < 1.29 is 19.4 Å². The van der Waals surface area contributed by atoms with Crippen LogP contribution in [0.5, 0.6) is 11.6 Å². The van der Waals surface area contributed by atoms with Crippen molar-refractivity contribution in [3.63, 3.8) is 0 Å². The Morgan fingerprint density at radius 3 is 2.78 bits per heavy atom. The van der Waals surface area contributed by atoms with E-state index in [0.717, 1.165) is 16.8 Å². The SMILES string of the molecule is CCOc1ncc(C)c2c1[C@H](c1cc[c-]cc1OC)C(C(=O)O)=C(C)N2.[Cm]. The van der Waals surface area contributed by atoms with Crippen LogP contribution in [0.4, 0.5) is 5.69 Å². The van der Waals surface area contributed by atoms with Crippen LogP contribution in [-0.2, 0) is 4.79 Å². The molecular formula is C20H21CmN2O4-. The van der Waals surface area contributed by atoms with E-state index < -0.39 is 11.9 Å². The number of carboxylic acids is 1. The van der Waals surface area contributed by atoms with Crippen LogP contribution in [0.2, 0.25) is 0 Å². The second-order valence-corrected chi connectivity index (χ2v) is 6.04. The zero-order valence-electron chi connectivity index (χ0n) is 15.6. The number of rotatable bonds is 5. The molecule has 0 fully saturated rings. The molecule has 3 rings (SSSR count). The van der Waals surface area contributed by atoms with Crippen LogP contribution in [0, 0.1) is 13.0 Å². The smallest absolute Gasteiger partial charge is 0.334 e. The normalized spacial score (nSPS) is 15.3. The van der Waals surface area contributed by atoms with Crippen LogP contribution in [0.1, 0.15) is 36.5 Å². The van der Waals surface area contributed by atoms with Gasteiger partial charge in [0.2, 0.25) is 5.88 Å². The van der Waals surface area contributed by atoms with E-state index >= 15 is 0 Å². The maximum Gasteiger partial charge on any atom is 0.334 e. The monoisotopic (exact) mass is 596 g/mol. The third kappa shape index (κ3) is 3.13. The molecule has 0 saturated carbocycles. The Kier molecular flexibility index (Phi) is 5.34. The second-order valence-electron chi connectivity index (χ2n) is 6.04. The quantitative estimate of drug-likeness (QED) is 0.512. The van der Waals surface area contributed by atoms with E-state index in [2.05, 4.69) is 16.4 Å². The van der Waals surface area contributed by atoms with Gasteiger partial charge in [-0.25, -0.2) is 9.78 Å². The molecule has 1 aliphatic rings. The maximum absolute atomic E-state index is 12.1. The molecular weight excluding hydrogens is 579 g/mol. The number of ether oxygens (including phenoxy) is 2. The Bertz CT molecular complexity index is 896. The molecule has 1 aromatic heterocycles.